The van der Waals surface area contributed by atoms with Crippen LogP contribution in [0.3, 0.4) is 0 Å². The van der Waals surface area contributed by atoms with E-state index in [0.717, 1.165) is 0 Å². The number of hydrogen-bond donors (Lipinski definition) is 2. The van der Waals surface area contributed by atoms with E-state index in [1.54, 1.807) is 0 Å². The van der Waals surface area contributed by atoms with Crippen molar-refractivity contribution < 1.29 is 18.9 Å². The van der Waals surface area contributed by atoms with E-state index in [2.05, 4.69) is 4.98 Å². The second-order valence-corrected chi connectivity index (χ2v) is 3.61. The molecule has 3 N–H and O–H groups in total. The summed E-state index contributed by atoms with van der Waals surface area (Å²) in [6, 6.07) is 5.85. The number of hydrazine groups is 1. The number of furan rings is 1. The highest BCUT2D eigenvalue weighted by Crippen LogP contribution is 2.24. The van der Waals surface area contributed by atoms with Crippen molar-refractivity contribution in [3.8, 4) is 5.75 Å². The van der Waals surface area contributed by atoms with Crippen LogP contribution in [0.15, 0.2) is 34.9 Å². The molecule has 2 aromatic rings. The highest BCUT2D eigenvalue weighted by Gasteiger charge is 2.16. The van der Waals surface area contributed by atoms with E-state index >= 15 is 0 Å². The van der Waals surface area contributed by atoms with Crippen molar-refractivity contribution in [3.63, 3.8) is 0 Å². The molecule has 20 heavy (non-hydrogen) atoms. The van der Waals surface area contributed by atoms with Crippen LogP contribution in [0.5, 0.6) is 5.75 Å². The van der Waals surface area contributed by atoms with E-state index in [1.165, 1.54) is 30.5 Å². The predicted octanol–water partition coefficient (Wildman–Crippen LogP) is 0.765. The lowest BCUT2D eigenvalue weighted by Crippen LogP contribution is -2.29. The van der Waals surface area contributed by atoms with Crippen molar-refractivity contribution in [1.82, 2.24) is 10.4 Å². The van der Waals surface area contributed by atoms with Crippen LogP contribution >= 0.6 is 0 Å². The van der Waals surface area contributed by atoms with Crippen molar-refractivity contribution in [1.29, 1.82) is 0 Å². The molecule has 2 heterocycles. The van der Waals surface area contributed by atoms with Crippen molar-refractivity contribution in [2.24, 2.45) is 5.84 Å². The van der Waals surface area contributed by atoms with E-state index in [0.29, 0.717) is 5.76 Å². The highest BCUT2D eigenvalue weighted by molar-refractivity contribution is 5.90. The molecule has 0 aliphatic heterocycles. The number of rotatable bonds is 5. The number of pyridine rings is 1. The number of nitro groups is 1. The van der Waals surface area contributed by atoms with Crippen LogP contribution in [0, 0.1) is 10.1 Å². The number of nitrogens with two attached hydrogens (primary N) is 1. The Balaban J connectivity index is 2.07. The van der Waals surface area contributed by atoms with Gasteiger partial charge in [-0.3, -0.25) is 10.2 Å². The molecule has 0 saturated heterocycles. The Labute approximate surface area is 112 Å². The quantitative estimate of drug-likeness (QED) is 0.357. The maximum atomic E-state index is 11.2. The average Bonchev–Trinajstić information content (AvgIpc) is 2.93. The minimum Gasteiger partial charge on any atom is -0.477 e. The van der Waals surface area contributed by atoms with Crippen LogP contribution in [0.1, 0.15) is 16.3 Å². The Kier molecular flexibility index (Phi) is 3.91. The Hall–Kier alpha value is -2.94. The van der Waals surface area contributed by atoms with E-state index in [9.17, 15) is 14.9 Å². The number of nitrogens with one attached hydrogen (secondary N) is 1. The number of carbonyl (C=O) groups is 1. The van der Waals surface area contributed by atoms with Gasteiger partial charge in [0.25, 0.3) is 0 Å². The van der Waals surface area contributed by atoms with Gasteiger partial charge in [-0.15, -0.1) is 0 Å². The number of ether oxygens (including phenoxy) is 1. The summed E-state index contributed by atoms with van der Waals surface area (Å²) in [6.45, 7) is -0.0790. The summed E-state index contributed by atoms with van der Waals surface area (Å²) in [6.07, 6.45) is 1.29. The Morgan fingerprint density at radius 1 is 1.50 bits per heavy atom. The van der Waals surface area contributed by atoms with Gasteiger partial charge in [0, 0.05) is 0 Å². The zero-order chi connectivity index (χ0) is 14.5. The molecule has 0 aliphatic rings. The average molecular weight is 278 g/mol. The molecule has 0 atom stereocenters. The van der Waals surface area contributed by atoms with Crippen LogP contribution in [0.4, 0.5) is 5.82 Å². The zero-order valence-corrected chi connectivity index (χ0v) is 10.1. The first-order valence-corrected chi connectivity index (χ1v) is 5.43. The molecule has 2 rings (SSSR count). The first kappa shape index (κ1) is 13.5. The highest BCUT2D eigenvalue weighted by atomic mass is 16.6. The van der Waals surface area contributed by atoms with Gasteiger partial charge in [-0.05, 0) is 34.2 Å². The third kappa shape index (κ3) is 2.90. The fraction of sp³-hybridized carbons (Fsp3) is 0.0909. The SMILES string of the molecule is NNC(=O)c1ccc(COc2cccnc2[N+](=O)[O-])o1. The van der Waals surface area contributed by atoms with Crippen LogP contribution in [0.2, 0.25) is 0 Å². The molecule has 0 bridgehead atoms. The second-order valence-electron chi connectivity index (χ2n) is 3.61. The monoisotopic (exact) mass is 278 g/mol. The number of hydrogen-bond acceptors (Lipinski definition) is 7. The van der Waals surface area contributed by atoms with Gasteiger partial charge < -0.3 is 19.3 Å². The van der Waals surface area contributed by atoms with Gasteiger partial charge in [0.15, 0.2) is 5.76 Å². The van der Waals surface area contributed by atoms with E-state index < -0.39 is 10.8 Å². The summed E-state index contributed by atoms with van der Waals surface area (Å²) in [7, 11) is 0. The lowest BCUT2D eigenvalue weighted by atomic mass is 10.4. The first-order valence-electron chi connectivity index (χ1n) is 5.43. The fourth-order valence-electron chi connectivity index (χ4n) is 1.43. The first-order chi connectivity index (χ1) is 9.61. The van der Waals surface area contributed by atoms with Crippen LogP contribution in [0.25, 0.3) is 0 Å². The number of amides is 1. The third-order valence-corrected chi connectivity index (χ3v) is 2.31. The molecule has 2 aromatic heterocycles. The lowest BCUT2D eigenvalue weighted by molar-refractivity contribution is -0.390. The van der Waals surface area contributed by atoms with Crippen LogP contribution in [-0.4, -0.2) is 15.8 Å². The maximum absolute atomic E-state index is 11.2. The van der Waals surface area contributed by atoms with E-state index in [-0.39, 0.29) is 23.9 Å². The molecule has 0 radical (unpaired) electrons. The van der Waals surface area contributed by atoms with Crippen LogP contribution < -0.4 is 16.0 Å². The number of aromatic nitrogens is 1. The molecule has 9 heteroatoms. The van der Waals surface area contributed by atoms with Crippen molar-refractivity contribution >= 4 is 11.7 Å². The lowest BCUT2D eigenvalue weighted by Gasteiger charge is -2.03. The molecule has 104 valence electrons. The van der Waals surface area contributed by atoms with Gasteiger partial charge in [0.1, 0.15) is 18.6 Å². The molecule has 0 aliphatic carbocycles. The third-order valence-electron chi connectivity index (χ3n) is 2.31. The van der Waals surface area contributed by atoms with Crippen molar-refractivity contribution in [3.05, 3.63) is 52.1 Å². The van der Waals surface area contributed by atoms with Gasteiger partial charge in [-0.2, -0.15) is 0 Å². The molecule has 0 aromatic carbocycles. The smallest absolute Gasteiger partial charge is 0.406 e. The fourth-order valence-corrected chi connectivity index (χ4v) is 1.43. The number of carbonyl (C=O) groups excluding carboxylic acids is 1. The number of nitrogen functional groups attached to an aromatic ring is 1. The molecule has 0 fully saturated rings. The van der Waals surface area contributed by atoms with Gasteiger partial charge in [-0.25, -0.2) is 5.84 Å². The molecule has 0 spiro atoms. The minimum atomic E-state index is -0.648. The molecular formula is C11H10N4O5. The molecule has 0 unspecified atom stereocenters. The van der Waals surface area contributed by atoms with E-state index in [1.807, 2.05) is 5.43 Å². The van der Waals surface area contributed by atoms with Crippen molar-refractivity contribution in [2.45, 2.75) is 6.61 Å². The standard InChI is InChI=1S/C11H10N4O5/c12-14-11(16)9-4-3-7(20-9)6-19-8-2-1-5-13-10(8)15(17)18/h1-5H,6,12H2,(H,14,16). The predicted molar refractivity (Wildman–Crippen MR) is 65.6 cm³/mol. The number of nitrogens with zero attached hydrogens (tertiary/aromatic N) is 2. The maximum Gasteiger partial charge on any atom is 0.406 e. The summed E-state index contributed by atoms with van der Waals surface area (Å²) in [5.41, 5.74) is 1.92. The van der Waals surface area contributed by atoms with E-state index in [4.69, 9.17) is 15.0 Å². The summed E-state index contributed by atoms with van der Waals surface area (Å²) in [5.74, 6) is 4.34. The van der Waals surface area contributed by atoms with Crippen LogP contribution in [-0.2, 0) is 6.61 Å². The Morgan fingerprint density at radius 2 is 2.30 bits per heavy atom. The Morgan fingerprint density at radius 3 is 3.00 bits per heavy atom. The topological polar surface area (TPSA) is 134 Å². The van der Waals surface area contributed by atoms with Gasteiger partial charge in [0.05, 0.1) is 0 Å². The molecular weight excluding hydrogens is 268 g/mol. The van der Waals surface area contributed by atoms with Gasteiger partial charge in [-0.1, -0.05) is 0 Å². The molecule has 1 amide bonds. The zero-order valence-electron chi connectivity index (χ0n) is 10.1. The largest absolute Gasteiger partial charge is 0.477 e. The molecule has 9 nitrogen and oxygen atoms in total. The minimum absolute atomic E-state index is 0.0127. The second kappa shape index (κ2) is 5.80. The molecule has 0 saturated carbocycles. The summed E-state index contributed by atoms with van der Waals surface area (Å²) in [5, 5.41) is 10.7. The summed E-state index contributed by atoms with van der Waals surface area (Å²) in [4.78, 5) is 24.9. The van der Waals surface area contributed by atoms with Gasteiger partial charge in [0.2, 0.25) is 5.75 Å². The Bertz CT molecular complexity index is 639. The summed E-state index contributed by atoms with van der Waals surface area (Å²) >= 11 is 0. The van der Waals surface area contributed by atoms with Gasteiger partial charge >= 0.3 is 11.7 Å². The summed E-state index contributed by atoms with van der Waals surface area (Å²) < 4.78 is 10.4. The van der Waals surface area contributed by atoms with Crippen molar-refractivity contribution in [2.75, 3.05) is 0 Å². The normalized spacial score (nSPS) is 10.1.